The third-order valence-corrected chi connectivity index (χ3v) is 7.07. The molecule has 10 heteroatoms. The molecule has 2 aromatic carbocycles. The molecule has 0 saturated carbocycles. The highest BCUT2D eigenvalue weighted by Gasteiger charge is 2.21. The van der Waals surface area contributed by atoms with E-state index in [0.29, 0.717) is 26.1 Å². The fraction of sp³-hybridized carbons (Fsp3) is 0. The molecule has 0 aliphatic heterocycles. The lowest BCUT2D eigenvalue weighted by Gasteiger charge is -2.10. The highest BCUT2D eigenvalue weighted by atomic mass is 35.5. The lowest BCUT2D eigenvalue weighted by molar-refractivity contribution is 0.434. The van der Waals surface area contributed by atoms with E-state index in [2.05, 4.69) is 11.4 Å². The third kappa shape index (κ3) is 4.04. The van der Waals surface area contributed by atoms with Crippen LogP contribution in [0.15, 0.2) is 60.0 Å². The van der Waals surface area contributed by atoms with Gasteiger partial charge in [-0.25, -0.2) is 4.83 Å². The van der Waals surface area contributed by atoms with Crippen LogP contribution < -0.4 is 4.83 Å². The molecule has 3 aromatic rings. The summed E-state index contributed by atoms with van der Waals surface area (Å²) in [5.74, 6) is -0.361. The maximum absolute atomic E-state index is 12.5. The fourth-order valence-corrected chi connectivity index (χ4v) is 4.89. The Morgan fingerprint density at radius 1 is 1.15 bits per heavy atom. The molecule has 3 rings (SSSR count). The maximum atomic E-state index is 12.5. The van der Waals surface area contributed by atoms with Crippen molar-refractivity contribution in [2.24, 2.45) is 0 Å². The Labute approximate surface area is 175 Å². The zero-order chi connectivity index (χ0) is 19.8. The summed E-state index contributed by atoms with van der Waals surface area (Å²) in [6, 6.07) is 12.7. The number of aromatic hydroxyl groups is 1. The van der Waals surface area contributed by atoms with Crippen LogP contribution in [0.4, 0.5) is 0 Å². The number of sulfonamides is 1. The molecule has 0 fully saturated rings. The van der Waals surface area contributed by atoms with Gasteiger partial charge in [0.05, 0.1) is 19.8 Å². The van der Waals surface area contributed by atoms with Crippen molar-refractivity contribution in [2.75, 3.05) is 4.83 Å². The SMILES string of the molecule is C=C(c1ccc(Cl)c(Cl)c1)c1sc(=S)n(NS(=O)(=O)c2ccccc2)c1O. The quantitative estimate of drug-likeness (QED) is 0.509. The molecule has 0 saturated heterocycles. The van der Waals surface area contributed by atoms with Crippen LogP contribution in [-0.2, 0) is 10.0 Å². The van der Waals surface area contributed by atoms with E-state index in [1.54, 1.807) is 36.4 Å². The van der Waals surface area contributed by atoms with Gasteiger partial charge in [-0.2, -0.15) is 13.1 Å². The Morgan fingerprint density at radius 2 is 1.81 bits per heavy atom. The minimum Gasteiger partial charge on any atom is -0.492 e. The van der Waals surface area contributed by atoms with Crippen LogP contribution in [0.2, 0.25) is 10.0 Å². The number of hydrogen-bond acceptors (Lipinski definition) is 5. The van der Waals surface area contributed by atoms with Crippen molar-refractivity contribution in [2.45, 2.75) is 4.90 Å². The van der Waals surface area contributed by atoms with Gasteiger partial charge in [0.2, 0.25) is 5.88 Å². The molecule has 0 bridgehead atoms. The molecule has 140 valence electrons. The van der Waals surface area contributed by atoms with Gasteiger partial charge in [-0.15, -0.1) is 0 Å². The minimum absolute atomic E-state index is 0.0439. The van der Waals surface area contributed by atoms with Gasteiger partial charge < -0.3 is 5.11 Å². The number of halogens is 2. The van der Waals surface area contributed by atoms with E-state index in [1.807, 2.05) is 0 Å². The number of hydrogen-bond donors (Lipinski definition) is 2. The Morgan fingerprint density at radius 3 is 2.44 bits per heavy atom. The predicted molar refractivity (Wildman–Crippen MR) is 112 cm³/mol. The number of nitrogens with zero attached hydrogens (tertiary/aromatic N) is 1. The Bertz CT molecular complexity index is 1190. The average molecular weight is 459 g/mol. The number of nitrogens with one attached hydrogen (secondary N) is 1. The number of rotatable bonds is 5. The van der Waals surface area contributed by atoms with Gasteiger partial charge in [-0.3, -0.25) is 0 Å². The van der Waals surface area contributed by atoms with Gasteiger partial charge >= 0.3 is 0 Å². The van der Waals surface area contributed by atoms with Crippen LogP contribution in [0.3, 0.4) is 0 Å². The van der Waals surface area contributed by atoms with E-state index in [-0.39, 0.29) is 14.7 Å². The molecule has 0 aliphatic rings. The lowest BCUT2D eigenvalue weighted by Crippen LogP contribution is -2.22. The van der Waals surface area contributed by atoms with Crippen LogP contribution in [0.5, 0.6) is 5.88 Å². The molecule has 2 N–H and O–H groups in total. The first-order valence-corrected chi connectivity index (χ1v) is 10.8. The molecule has 0 amide bonds. The summed E-state index contributed by atoms with van der Waals surface area (Å²) < 4.78 is 26.0. The molecule has 1 aromatic heterocycles. The second-order valence-electron chi connectivity index (χ2n) is 5.37. The van der Waals surface area contributed by atoms with Gasteiger partial charge in [0, 0.05) is 0 Å². The third-order valence-electron chi connectivity index (χ3n) is 3.59. The van der Waals surface area contributed by atoms with E-state index in [9.17, 15) is 13.5 Å². The minimum atomic E-state index is -3.92. The lowest BCUT2D eigenvalue weighted by atomic mass is 10.1. The normalized spacial score (nSPS) is 11.3. The molecule has 0 spiro atoms. The zero-order valence-corrected chi connectivity index (χ0v) is 17.5. The Kier molecular flexibility index (Phi) is 5.64. The molecule has 0 aliphatic carbocycles. The summed E-state index contributed by atoms with van der Waals surface area (Å²) in [5.41, 5.74) is 1.05. The van der Waals surface area contributed by atoms with Crippen molar-refractivity contribution in [3.05, 3.63) is 79.6 Å². The second-order valence-corrected chi connectivity index (χ2v) is 9.49. The molecular formula is C17H12Cl2N2O3S3. The monoisotopic (exact) mass is 458 g/mol. The second kappa shape index (κ2) is 7.65. The van der Waals surface area contributed by atoms with E-state index in [0.717, 1.165) is 16.0 Å². The highest BCUT2D eigenvalue weighted by Crippen LogP contribution is 2.36. The average Bonchev–Trinajstić information content (AvgIpc) is 2.92. The highest BCUT2D eigenvalue weighted by molar-refractivity contribution is 7.92. The molecule has 1 heterocycles. The summed E-state index contributed by atoms with van der Waals surface area (Å²) in [4.78, 5) is 2.63. The molecular weight excluding hydrogens is 447 g/mol. The first-order chi connectivity index (χ1) is 12.7. The van der Waals surface area contributed by atoms with Crippen molar-refractivity contribution < 1.29 is 13.5 Å². The number of benzene rings is 2. The molecule has 27 heavy (non-hydrogen) atoms. The number of aromatic nitrogens is 1. The summed E-state index contributed by atoms with van der Waals surface area (Å²) in [7, 11) is -3.92. The zero-order valence-electron chi connectivity index (χ0n) is 13.5. The fourth-order valence-electron chi connectivity index (χ4n) is 2.23. The van der Waals surface area contributed by atoms with E-state index >= 15 is 0 Å². The summed E-state index contributed by atoms with van der Waals surface area (Å²) in [6.07, 6.45) is 0. The first-order valence-electron chi connectivity index (χ1n) is 7.38. The van der Waals surface area contributed by atoms with Crippen LogP contribution in [0.25, 0.3) is 5.57 Å². The van der Waals surface area contributed by atoms with Crippen molar-refractivity contribution in [3.63, 3.8) is 0 Å². The first kappa shape index (κ1) is 19.9. The van der Waals surface area contributed by atoms with E-state index in [1.165, 1.54) is 12.1 Å². The summed E-state index contributed by atoms with van der Waals surface area (Å²) in [5, 5.41) is 11.3. The van der Waals surface area contributed by atoms with Crippen LogP contribution >= 0.6 is 46.8 Å². The van der Waals surface area contributed by atoms with Gasteiger partial charge in [0.25, 0.3) is 10.0 Å². The van der Waals surface area contributed by atoms with Crippen LogP contribution in [0, 0.1) is 3.95 Å². The van der Waals surface area contributed by atoms with Gasteiger partial charge in [0.1, 0.15) is 0 Å². The van der Waals surface area contributed by atoms with E-state index < -0.39 is 10.0 Å². The van der Waals surface area contributed by atoms with E-state index in [4.69, 9.17) is 35.4 Å². The van der Waals surface area contributed by atoms with Crippen LogP contribution in [0.1, 0.15) is 10.4 Å². The maximum Gasteiger partial charge on any atom is 0.275 e. The van der Waals surface area contributed by atoms with Crippen molar-refractivity contribution in [3.8, 4) is 5.88 Å². The van der Waals surface area contributed by atoms with Crippen molar-refractivity contribution >= 4 is 62.4 Å². The van der Waals surface area contributed by atoms with Crippen molar-refractivity contribution in [1.29, 1.82) is 0 Å². The largest absolute Gasteiger partial charge is 0.492 e. The molecule has 0 unspecified atom stereocenters. The summed E-state index contributed by atoms with van der Waals surface area (Å²) in [6.45, 7) is 3.95. The standard InChI is InChI=1S/C17H12Cl2N2O3S3/c1-10(11-7-8-13(18)14(19)9-11)15-16(22)21(17(25)26-15)20-27(23,24)12-5-3-2-4-6-12/h2-9,20,22H,1H2. The molecule has 0 atom stereocenters. The smallest absolute Gasteiger partial charge is 0.275 e. The summed E-state index contributed by atoms with van der Waals surface area (Å²) >= 11 is 18.2. The van der Waals surface area contributed by atoms with Gasteiger partial charge in [-0.05, 0) is 47.6 Å². The Hall–Kier alpha value is -1.84. The van der Waals surface area contributed by atoms with Gasteiger partial charge in [-0.1, -0.05) is 65.4 Å². The Balaban J connectivity index is 1.99. The van der Waals surface area contributed by atoms with Crippen LogP contribution in [-0.4, -0.2) is 18.2 Å². The van der Waals surface area contributed by atoms with Gasteiger partial charge in [0.15, 0.2) is 3.95 Å². The number of thiazole rings is 1. The predicted octanol–water partition coefficient (Wildman–Crippen LogP) is 5.29. The molecule has 0 radical (unpaired) electrons. The molecule has 5 nitrogen and oxygen atoms in total. The van der Waals surface area contributed by atoms with Crippen molar-refractivity contribution in [1.82, 2.24) is 4.68 Å². The topological polar surface area (TPSA) is 71.3 Å².